The Labute approximate surface area is 163 Å². The molecule has 0 aliphatic carbocycles. The summed E-state index contributed by atoms with van der Waals surface area (Å²) in [4.78, 5) is 16.3. The molecule has 1 aromatic heterocycles. The zero-order valence-corrected chi connectivity index (χ0v) is 17.1. The molecule has 26 heavy (non-hydrogen) atoms. The van der Waals surface area contributed by atoms with Gasteiger partial charge in [0.2, 0.25) is 15.9 Å². The third-order valence-electron chi connectivity index (χ3n) is 3.78. The van der Waals surface area contributed by atoms with Crippen LogP contribution in [0.2, 0.25) is 10.0 Å². The lowest BCUT2D eigenvalue weighted by Crippen LogP contribution is -2.35. The Morgan fingerprint density at radius 1 is 1.23 bits per heavy atom. The van der Waals surface area contributed by atoms with Crippen LogP contribution in [-0.2, 0) is 14.8 Å². The Morgan fingerprint density at radius 3 is 2.50 bits per heavy atom. The largest absolute Gasteiger partial charge is 0.310 e. The van der Waals surface area contributed by atoms with Crippen molar-refractivity contribution in [1.82, 2.24) is 9.29 Å². The van der Waals surface area contributed by atoms with Crippen molar-refractivity contribution < 1.29 is 13.2 Å². The smallest absolute Gasteiger partial charge is 0.245 e. The monoisotopic (exact) mass is 415 g/mol. The molecular weight excluding hydrogens is 397 g/mol. The molecule has 2 aromatic rings. The first-order valence-electron chi connectivity index (χ1n) is 7.69. The molecule has 0 atom stereocenters. The Morgan fingerprint density at radius 2 is 1.88 bits per heavy atom. The Kier molecular flexibility index (Phi) is 6.29. The van der Waals surface area contributed by atoms with Gasteiger partial charge in [-0.1, -0.05) is 29.3 Å². The maximum absolute atomic E-state index is 12.9. The van der Waals surface area contributed by atoms with E-state index >= 15 is 0 Å². The van der Waals surface area contributed by atoms with Gasteiger partial charge in [0.05, 0.1) is 11.6 Å². The minimum Gasteiger partial charge on any atom is -0.310 e. The van der Waals surface area contributed by atoms with Crippen LogP contribution in [-0.4, -0.2) is 37.2 Å². The van der Waals surface area contributed by atoms with E-state index in [-0.39, 0.29) is 16.5 Å². The number of nitrogens with one attached hydrogen (secondary N) is 1. The highest BCUT2D eigenvalue weighted by atomic mass is 35.5. The van der Waals surface area contributed by atoms with Gasteiger partial charge in [0.15, 0.2) is 0 Å². The number of benzene rings is 1. The van der Waals surface area contributed by atoms with E-state index in [2.05, 4.69) is 10.3 Å². The average molecular weight is 416 g/mol. The first-order chi connectivity index (χ1) is 12.0. The van der Waals surface area contributed by atoms with Crippen molar-refractivity contribution in [3.05, 3.63) is 51.1 Å². The van der Waals surface area contributed by atoms with Crippen LogP contribution in [0.3, 0.4) is 0 Å². The summed E-state index contributed by atoms with van der Waals surface area (Å²) in [5.74, 6) is -0.157. The fourth-order valence-corrected chi connectivity index (χ4v) is 4.64. The number of nitrogens with zero attached hydrogens (tertiary/aromatic N) is 2. The molecule has 1 N–H and O–H groups in total. The molecule has 140 valence electrons. The molecule has 0 bridgehead atoms. The van der Waals surface area contributed by atoms with Crippen molar-refractivity contribution in [3.8, 4) is 0 Å². The number of amides is 1. The summed E-state index contributed by atoms with van der Waals surface area (Å²) in [5.41, 5.74) is 1.62. The summed E-state index contributed by atoms with van der Waals surface area (Å²) < 4.78 is 26.7. The number of aryl methyl sites for hydroxylation is 2. The number of aromatic nitrogens is 1. The van der Waals surface area contributed by atoms with E-state index in [0.717, 1.165) is 10.00 Å². The molecule has 9 heteroatoms. The van der Waals surface area contributed by atoms with Crippen molar-refractivity contribution in [2.75, 3.05) is 18.9 Å². The van der Waals surface area contributed by atoms with Crippen molar-refractivity contribution >= 4 is 45.0 Å². The zero-order valence-electron chi connectivity index (χ0n) is 14.8. The highest BCUT2D eigenvalue weighted by Crippen LogP contribution is 2.34. The number of rotatable bonds is 5. The molecule has 1 aromatic carbocycles. The fourth-order valence-electron chi connectivity index (χ4n) is 2.36. The predicted octanol–water partition coefficient (Wildman–Crippen LogP) is 3.57. The average Bonchev–Trinajstić information content (AvgIpc) is 2.52. The van der Waals surface area contributed by atoms with Gasteiger partial charge in [-0.25, -0.2) is 13.4 Å². The summed E-state index contributed by atoms with van der Waals surface area (Å²) in [6, 6.07) is 6.77. The van der Waals surface area contributed by atoms with Gasteiger partial charge in [0, 0.05) is 17.8 Å². The molecule has 0 unspecified atom stereocenters. The predicted molar refractivity (Wildman–Crippen MR) is 103 cm³/mol. The lowest BCUT2D eigenvalue weighted by molar-refractivity contribution is -0.116. The SMILES string of the molecule is Cc1cccc(NC(=O)CN(C)S(=O)(=O)c2c(C)c(Cl)cc(C)c2Cl)n1. The molecule has 1 heterocycles. The Bertz CT molecular complexity index is 936. The molecule has 1 amide bonds. The molecule has 0 saturated carbocycles. The molecule has 6 nitrogen and oxygen atoms in total. The number of pyridine rings is 1. The van der Waals surface area contributed by atoms with Gasteiger partial charge in [-0.3, -0.25) is 4.79 Å². The quantitative estimate of drug-likeness (QED) is 0.808. The van der Waals surface area contributed by atoms with Gasteiger partial charge in [0.25, 0.3) is 0 Å². The number of likely N-dealkylation sites (N-methyl/N-ethyl adjacent to an activating group) is 1. The van der Waals surface area contributed by atoms with Crippen LogP contribution in [0.1, 0.15) is 16.8 Å². The van der Waals surface area contributed by atoms with Gasteiger partial charge in [-0.05, 0) is 50.1 Å². The van der Waals surface area contributed by atoms with Crippen molar-refractivity contribution in [2.24, 2.45) is 0 Å². The van der Waals surface area contributed by atoms with E-state index in [4.69, 9.17) is 23.2 Å². The van der Waals surface area contributed by atoms with E-state index in [9.17, 15) is 13.2 Å². The molecule has 0 saturated heterocycles. The second-order valence-electron chi connectivity index (χ2n) is 5.92. The fraction of sp³-hybridized carbons (Fsp3) is 0.294. The van der Waals surface area contributed by atoms with Crippen LogP contribution in [0, 0.1) is 20.8 Å². The normalized spacial score (nSPS) is 11.7. The molecule has 0 spiro atoms. The number of sulfonamides is 1. The standard InChI is InChI=1S/C17H19Cl2N3O3S/c1-10-8-13(18)12(3)17(16(10)19)26(24,25)22(4)9-15(23)21-14-7-5-6-11(2)20-14/h5-8H,9H2,1-4H3,(H,20,21,23). The van der Waals surface area contributed by atoms with Crippen LogP contribution in [0.25, 0.3) is 0 Å². The van der Waals surface area contributed by atoms with Gasteiger partial charge < -0.3 is 5.32 Å². The molecule has 2 rings (SSSR count). The van der Waals surface area contributed by atoms with Gasteiger partial charge in [0.1, 0.15) is 10.7 Å². The van der Waals surface area contributed by atoms with E-state index in [1.807, 2.05) is 0 Å². The number of halogens is 2. The third-order valence-corrected chi connectivity index (χ3v) is 6.75. The number of hydrogen-bond acceptors (Lipinski definition) is 4. The molecule has 0 fully saturated rings. The van der Waals surface area contributed by atoms with Crippen molar-refractivity contribution in [2.45, 2.75) is 25.7 Å². The number of hydrogen-bond donors (Lipinski definition) is 1. The lowest BCUT2D eigenvalue weighted by atomic mass is 10.2. The maximum atomic E-state index is 12.9. The minimum atomic E-state index is -4.01. The molecule has 0 radical (unpaired) electrons. The summed E-state index contributed by atoms with van der Waals surface area (Å²) >= 11 is 12.3. The van der Waals surface area contributed by atoms with Crippen LogP contribution < -0.4 is 5.32 Å². The second-order valence-corrected chi connectivity index (χ2v) is 8.68. The van der Waals surface area contributed by atoms with E-state index in [1.54, 1.807) is 45.0 Å². The Hall–Kier alpha value is -1.67. The van der Waals surface area contributed by atoms with Gasteiger partial charge >= 0.3 is 0 Å². The van der Waals surface area contributed by atoms with E-state index in [1.165, 1.54) is 7.05 Å². The summed E-state index contributed by atoms with van der Waals surface area (Å²) in [7, 11) is -2.70. The summed E-state index contributed by atoms with van der Waals surface area (Å²) in [6.45, 7) is 4.64. The zero-order chi connectivity index (χ0) is 19.6. The minimum absolute atomic E-state index is 0.0897. The van der Waals surface area contributed by atoms with E-state index < -0.39 is 15.9 Å². The highest BCUT2D eigenvalue weighted by Gasteiger charge is 2.29. The van der Waals surface area contributed by atoms with Crippen LogP contribution in [0.4, 0.5) is 5.82 Å². The van der Waals surface area contributed by atoms with E-state index in [0.29, 0.717) is 22.0 Å². The molecule has 0 aliphatic rings. The number of carbonyl (C=O) groups is 1. The summed E-state index contributed by atoms with van der Waals surface area (Å²) in [5, 5.41) is 2.97. The molecular formula is C17H19Cl2N3O3S. The first-order valence-corrected chi connectivity index (χ1v) is 9.88. The van der Waals surface area contributed by atoms with Crippen LogP contribution in [0.5, 0.6) is 0 Å². The maximum Gasteiger partial charge on any atom is 0.245 e. The summed E-state index contributed by atoms with van der Waals surface area (Å²) in [6.07, 6.45) is 0. The highest BCUT2D eigenvalue weighted by molar-refractivity contribution is 7.89. The van der Waals surface area contributed by atoms with Gasteiger partial charge in [-0.2, -0.15) is 4.31 Å². The Balaban J connectivity index is 2.26. The third kappa shape index (κ3) is 4.35. The first kappa shape index (κ1) is 20.6. The van der Waals surface area contributed by atoms with Crippen LogP contribution >= 0.6 is 23.2 Å². The van der Waals surface area contributed by atoms with Crippen molar-refractivity contribution in [1.29, 1.82) is 0 Å². The van der Waals surface area contributed by atoms with Crippen LogP contribution in [0.15, 0.2) is 29.2 Å². The lowest BCUT2D eigenvalue weighted by Gasteiger charge is -2.20. The number of anilines is 1. The second kappa shape index (κ2) is 7.92. The number of carbonyl (C=O) groups excluding carboxylic acids is 1. The molecule has 0 aliphatic heterocycles. The van der Waals surface area contributed by atoms with Crippen molar-refractivity contribution in [3.63, 3.8) is 0 Å². The topological polar surface area (TPSA) is 79.4 Å². The van der Waals surface area contributed by atoms with Gasteiger partial charge in [-0.15, -0.1) is 0 Å².